The number of hydrogen-bond donors (Lipinski definition) is 1. The Morgan fingerprint density at radius 1 is 1.56 bits per heavy atom. The molecule has 0 amide bonds. The average Bonchev–Trinajstić information content (AvgIpc) is 3.02. The molecule has 0 aromatic carbocycles. The number of hydrogen-bond acceptors (Lipinski definition) is 5. The SMILES string of the molecule is Clc1snnc1CN1CCCC(c2ncc[nH]2)C1. The highest BCUT2D eigenvalue weighted by molar-refractivity contribution is 7.10. The molecule has 1 N–H and O–H groups in total. The minimum absolute atomic E-state index is 0.485. The van der Waals surface area contributed by atoms with Crippen molar-refractivity contribution in [3.05, 3.63) is 28.2 Å². The largest absolute Gasteiger partial charge is 0.348 e. The smallest absolute Gasteiger partial charge is 0.138 e. The van der Waals surface area contributed by atoms with E-state index in [-0.39, 0.29) is 0 Å². The minimum Gasteiger partial charge on any atom is -0.348 e. The first kappa shape index (κ1) is 12.1. The Morgan fingerprint density at radius 2 is 2.50 bits per heavy atom. The van der Waals surface area contributed by atoms with Gasteiger partial charge in [-0.05, 0) is 19.4 Å². The van der Waals surface area contributed by atoms with Crippen LogP contribution in [0.4, 0.5) is 0 Å². The van der Waals surface area contributed by atoms with Crippen molar-refractivity contribution in [2.24, 2.45) is 0 Å². The predicted molar refractivity (Wildman–Crippen MR) is 70.8 cm³/mol. The Bertz CT molecular complexity index is 497. The molecule has 0 radical (unpaired) electrons. The fraction of sp³-hybridized carbons (Fsp3) is 0.545. The van der Waals surface area contributed by atoms with Gasteiger partial charge in [-0.3, -0.25) is 4.90 Å². The van der Waals surface area contributed by atoms with Crippen molar-refractivity contribution in [2.45, 2.75) is 25.3 Å². The van der Waals surface area contributed by atoms with Gasteiger partial charge < -0.3 is 4.98 Å². The number of nitrogens with zero attached hydrogens (tertiary/aromatic N) is 4. The number of aromatic nitrogens is 4. The third kappa shape index (κ3) is 2.55. The van der Waals surface area contributed by atoms with E-state index in [0.29, 0.717) is 10.3 Å². The summed E-state index contributed by atoms with van der Waals surface area (Å²) in [5.74, 6) is 1.57. The van der Waals surface area contributed by atoms with E-state index in [2.05, 4.69) is 24.5 Å². The van der Waals surface area contributed by atoms with Crippen LogP contribution in [-0.2, 0) is 6.54 Å². The lowest BCUT2D eigenvalue weighted by molar-refractivity contribution is 0.195. The lowest BCUT2D eigenvalue weighted by Gasteiger charge is -2.31. The first-order chi connectivity index (χ1) is 8.83. The zero-order chi connectivity index (χ0) is 12.4. The van der Waals surface area contributed by atoms with Gasteiger partial charge in [-0.25, -0.2) is 4.98 Å². The van der Waals surface area contributed by atoms with Crippen LogP contribution in [0, 0.1) is 0 Å². The second-order valence-corrected chi connectivity index (χ2v) is 5.90. The van der Waals surface area contributed by atoms with Crippen LogP contribution in [0.15, 0.2) is 12.4 Å². The first-order valence-corrected chi connectivity index (χ1v) is 7.16. The Labute approximate surface area is 114 Å². The quantitative estimate of drug-likeness (QED) is 0.939. The molecule has 3 heterocycles. The van der Waals surface area contributed by atoms with Gasteiger partial charge in [0.05, 0.1) is 0 Å². The van der Waals surface area contributed by atoms with E-state index >= 15 is 0 Å². The molecule has 1 saturated heterocycles. The third-order valence-corrected chi connectivity index (χ3v) is 4.28. The Hall–Kier alpha value is -0.980. The summed E-state index contributed by atoms with van der Waals surface area (Å²) in [5, 5.41) is 4.07. The molecule has 1 fully saturated rings. The van der Waals surface area contributed by atoms with E-state index in [4.69, 9.17) is 11.6 Å². The van der Waals surface area contributed by atoms with Crippen LogP contribution < -0.4 is 0 Å². The lowest BCUT2D eigenvalue weighted by Crippen LogP contribution is -2.34. The normalized spacial score (nSPS) is 21.3. The Morgan fingerprint density at radius 3 is 3.22 bits per heavy atom. The lowest BCUT2D eigenvalue weighted by atomic mass is 9.97. The molecule has 0 saturated carbocycles. The van der Waals surface area contributed by atoms with Crippen molar-refractivity contribution in [1.82, 2.24) is 24.5 Å². The Kier molecular flexibility index (Phi) is 3.58. The van der Waals surface area contributed by atoms with Crippen molar-refractivity contribution in [3.63, 3.8) is 0 Å². The number of nitrogens with one attached hydrogen (secondary N) is 1. The minimum atomic E-state index is 0.485. The van der Waals surface area contributed by atoms with Crippen LogP contribution in [0.25, 0.3) is 0 Å². The molecule has 1 atom stereocenters. The van der Waals surface area contributed by atoms with Crippen molar-refractivity contribution >= 4 is 23.1 Å². The highest BCUT2D eigenvalue weighted by atomic mass is 35.5. The van der Waals surface area contributed by atoms with Crippen molar-refractivity contribution in [3.8, 4) is 0 Å². The molecule has 1 aliphatic heterocycles. The second-order valence-electron chi connectivity index (χ2n) is 4.54. The molecule has 0 spiro atoms. The Balaban J connectivity index is 1.66. The van der Waals surface area contributed by atoms with Crippen molar-refractivity contribution in [2.75, 3.05) is 13.1 Å². The summed E-state index contributed by atoms with van der Waals surface area (Å²) in [5.41, 5.74) is 0.891. The standard InChI is InChI=1S/C11H14ClN5S/c12-10-9(15-16-18-10)7-17-5-1-2-8(6-17)11-13-3-4-14-11/h3-4,8H,1-2,5-7H2,(H,13,14). The van der Waals surface area contributed by atoms with Gasteiger partial charge in [0.15, 0.2) is 0 Å². The third-order valence-electron chi connectivity index (χ3n) is 3.29. The molecule has 1 aliphatic rings. The molecular formula is C11H14ClN5S. The molecule has 2 aromatic heterocycles. The highest BCUT2D eigenvalue weighted by Gasteiger charge is 2.24. The van der Waals surface area contributed by atoms with Gasteiger partial charge in [0, 0.05) is 42.9 Å². The molecular weight excluding hydrogens is 270 g/mol. The predicted octanol–water partition coefficient (Wildman–Crippen LogP) is 2.29. The number of piperidine rings is 1. The number of halogens is 1. The number of H-pyrrole nitrogens is 1. The molecule has 96 valence electrons. The number of aromatic amines is 1. The van der Waals surface area contributed by atoms with Crippen LogP contribution in [0.3, 0.4) is 0 Å². The summed E-state index contributed by atoms with van der Waals surface area (Å²) in [7, 11) is 0. The maximum Gasteiger partial charge on any atom is 0.138 e. The van der Waals surface area contributed by atoms with Crippen LogP contribution in [0.2, 0.25) is 4.34 Å². The molecule has 2 aromatic rings. The topological polar surface area (TPSA) is 57.7 Å². The van der Waals surface area contributed by atoms with Gasteiger partial charge >= 0.3 is 0 Å². The fourth-order valence-electron chi connectivity index (χ4n) is 2.43. The van der Waals surface area contributed by atoms with Gasteiger partial charge in [-0.15, -0.1) is 5.10 Å². The van der Waals surface area contributed by atoms with Crippen LogP contribution >= 0.6 is 23.1 Å². The van der Waals surface area contributed by atoms with E-state index in [0.717, 1.165) is 31.2 Å². The monoisotopic (exact) mass is 283 g/mol. The molecule has 0 bridgehead atoms. The molecule has 0 aliphatic carbocycles. The van der Waals surface area contributed by atoms with Gasteiger partial charge in [0.25, 0.3) is 0 Å². The molecule has 3 rings (SSSR count). The summed E-state index contributed by atoms with van der Waals surface area (Å²) in [6.07, 6.45) is 6.07. The molecule has 1 unspecified atom stereocenters. The van der Waals surface area contributed by atoms with Crippen LogP contribution in [0.5, 0.6) is 0 Å². The maximum atomic E-state index is 6.04. The van der Waals surface area contributed by atoms with Crippen LogP contribution in [-0.4, -0.2) is 37.5 Å². The van der Waals surface area contributed by atoms with Gasteiger partial charge in [-0.2, -0.15) is 0 Å². The number of rotatable bonds is 3. The van der Waals surface area contributed by atoms with E-state index in [1.165, 1.54) is 24.4 Å². The number of likely N-dealkylation sites (tertiary alicyclic amines) is 1. The van der Waals surface area contributed by atoms with Crippen molar-refractivity contribution < 1.29 is 0 Å². The molecule has 5 nitrogen and oxygen atoms in total. The van der Waals surface area contributed by atoms with Gasteiger partial charge in [0.2, 0.25) is 0 Å². The van der Waals surface area contributed by atoms with E-state index < -0.39 is 0 Å². The van der Waals surface area contributed by atoms with Crippen LogP contribution in [0.1, 0.15) is 30.3 Å². The summed E-state index contributed by atoms with van der Waals surface area (Å²) in [6.45, 7) is 2.87. The van der Waals surface area contributed by atoms with Crippen molar-refractivity contribution in [1.29, 1.82) is 0 Å². The highest BCUT2D eigenvalue weighted by Crippen LogP contribution is 2.26. The summed E-state index contributed by atoms with van der Waals surface area (Å²) >= 11 is 7.29. The van der Waals surface area contributed by atoms with Gasteiger partial charge in [0.1, 0.15) is 15.9 Å². The fourth-order valence-corrected chi connectivity index (χ4v) is 3.04. The second kappa shape index (κ2) is 5.34. The van der Waals surface area contributed by atoms with E-state index in [9.17, 15) is 0 Å². The number of imidazole rings is 1. The summed E-state index contributed by atoms with van der Waals surface area (Å²) in [6, 6.07) is 0. The zero-order valence-corrected chi connectivity index (χ0v) is 11.4. The molecule has 7 heteroatoms. The first-order valence-electron chi connectivity index (χ1n) is 6.01. The maximum absolute atomic E-state index is 6.04. The molecule has 18 heavy (non-hydrogen) atoms. The summed E-state index contributed by atoms with van der Waals surface area (Å²) < 4.78 is 4.57. The average molecular weight is 284 g/mol. The van der Waals surface area contributed by atoms with Gasteiger partial charge in [-0.1, -0.05) is 16.1 Å². The van der Waals surface area contributed by atoms with E-state index in [1.54, 1.807) is 0 Å². The van der Waals surface area contributed by atoms with E-state index in [1.807, 2.05) is 12.4 Å². The summed E-state index contributed by atoms with van der Waals surface area (Å²) in [4.78, 5) is 9.94. The zero-order valence-electron chi connectivity index (χ0n) is 9.84.